The third kappa shape index (κ3) is 4.32. The minimum absolute atomic E-state index is 0.274. The molecule has 0 spiro atoms. The second kappa shape index (κ2) is 7.99. The van der Waals surface area contributed by atoms with Crippen molar-refractivity contribution >= 4 is 39.8 Å². The summed E-state index contributed by atoms with van der Waals surface area (Å²) < 4.78 is 10.6. The SMILES string of the molecule is COC(=O)c1c(NC(=O)C(=O)NNc2ccccc2)sc2c1CC(C)(C)OC2. The molecule has 3 N–H and O–H groups in total. The van der Waals surface area contributed by atoms with E-state index >= 15 is 0 Å². The van der Waals surface area contributed by atoms with Gasteiger partial charge in [0.05, 0.1) is 30.6 Å². The van der Waals surface area contributed by atoms with Crippen molar-refractivity contribution < 1.29 is 23.9 Å². The molecule has 2 aromatic rings. The highest BCUT2D eigenvalue weighted by molar-refractivity contribution is 7.17. The number of para-hydroxylation sites is 1. The van der Waals surface area contributed by atoms with Gasteiger partial charge in [0.2, 0.25) is 0 Å². The van der Waals surface area contributed by atoms with Gasteiger partial charge in [-0.05, 0) is 31.5 Å². The van der Waals surface area contributed by atoms with Crippen molar-refractivity contribution in [1.82, 2.24) is 5.43 Å². The number of ether oxygens (including phenoxy) is 2. The van der Waals surface area contributed by atoms with Crippen molar-refractivity contribution in [3.8, 4) is 0 Å². The number of benzene rings is 1. The summed E-state index contributed by atoms with van der Waals surface area (Å²) in [6.07, 6.45) is 0.501. The molecule has 1 aromatic carbocycles. The Morgan fingerprint density at radius 1 is 1.14 bits per heavy atom. The summed E-state index contributed by atoms with van der Waals surface area (Å²) in [5.74, 6) is -2.34. The van der Waals surface area contributed by atoms with E-state index in [2.05, 4.69) is 16.2 Å². The summed E-state index contributed by atoms with van der Waals surface area (Å²) >= 11 is 1.21. The molecule has 0 unspecified atom stereocenters. The van der Waals surface area contributed by atoms with Crippen LogP contribution in [0.15, 0.2) is 30.3 Å². The molecule has 0 saturated carbocycles. The van der Waals surface area contributed by atoms with Crippen molar-refractivity contribution in [3.63, 3.8) is 0 Å². The van der Waals surface area contributed by atoms with Gasteiger partial charge in [-0.25, -0.2) is 4.79 Å². The van der Waals surface area contributed by atoms with Gasteiger partial charge in [-0.1, -0.05) is 18.2 Å². The highest BCUT2D eigenvalue weighted by Crippen LogP contribution is 2.40. The van der Waals surface area contributed by atoms with Crippen molar-refractivity contribution in [2.75, 3.05) is 17.9 Å². The molecular weight excluding hydrogens is 382 g/mol. The maximum Gasteiger partial charge on any atom is 0.341 e. The number of thiophene rings is 1. The summed E-state index contributed by atoms with van der Waals surface area (Å²) in [5, 5.41) is 2.79. The third-order valence-electron chi connectivity index (χ3n) is 4.20. The normalized spacial score (nSPS) is 14.5. The first-order chi connectivity index (χ1) is 13.3. The van der Waals surface area contributed by atoms with Crippen LogP contribution in [0.1, 0.15) is 34.6 Å². The summed E-state index contributed by atoms with van der Waals surface area (Å²) in [7, 11) is 1.28. The Kier molecular flexibility index (Phi) is 5.66. The lowest BCUT2D eigenvalue weighted by Gasteiger charge is -2.30. The number of hydrogen-bond donors (Lipinski definition) is 3. The minimum Gasteiger partial charge on any atom is -0.465 e. The van der Waals surface area contributed by atoms with Crippen molar-refractivity contribution in [2.24, 2.45) is 0 Å². The lowest BCUT2D eigenvalue weighted by atomic mass is 9.93. The Morgan fingerprint density at radius 3 is 2.54 bits per heavy atom. The van der Waals surface area contributed by atoms with E-state index in [1.807, 2.05) is 19.9 Å². The molecule has 3 rings (SSSR count). The van der Waals surface area contributed by atoms with Gasteiger partial charge in [0.1, 0.15) is 5.00 Å². The quantitative estimate of drug-likeness (QED) is 0.411. The predicted octanol–water partition coefficient (Wildman–Crippen LogP) is 2.47. The van der Waals surface area contributed by atoms with E-state index in [4.69, 9.17) is 9.47 Å². The van der Waals surface area contributed by atoms with Crippen LogP contribution in [0.5, 0.6) is 0 Å². The highest BCUT2D eigenvalue weighted by atomic mass is 32.1. The first-order valence-corrected chi connectivity index (χ1v) is 9.41. The van der Waals surface area contributed by atoms with Crippen LogP contribution >= 0.6 is 11.3 Å². The van der Waals surface area contributed by atoms with E-state index in [0.717, 1.165) is 10.4 Å². The summed E-state index contributed by atoms with van der Waals surface area (Å²) in [5.41, 5.74) is 6.22. The second-order valence-corrected chi connectivity index (χ2v) is 7.93. The van der Waals surface area contributed by atoms with Crippen LogP contribution in [0.4, 0.5) is 10.7 Å². The molecule has 2 heterocycles. The monoisotopic (exact) mass is 403 g/mol. The molecule has 0 saturated heterocycles. The topological polar surface area (TPSA) is 106 Å². The molecule has 0 radical (unpaired) electrons. The van der Waals surface area contributed by atoms with E-state index < -0.39 is 23.4 Å². The number of fused-ring (bicyclic) bond motifs is 1. The van der Waals surface area contributed by atoms with Crippen LogP contribution in [0.25, 0.3) is 0 Å². The van der Waals surface area contributed by atoms with E-state index in [1.54, 1.807) is 24.3 Å². The molecule has 0 bridgehead atoms. The smallest absolute Gasteiger partial charge is 0.341 e. The fraction of sp³-hybridized carbons (Fsp3) is 0.316. The van der Waals surface area contributed by atoms with Gasteiger partial charge in [0.25, 0.3) is 0 Å². The fourth-order valence-corrected chi connectivity index (χ4v) is 3.94. The van der Waals surface area contributed by atoms with Gasteiger partial charge in [0, 0.05) is 11.3 Å². The van der Waals surface area contributed by atoms with Crippen LogP contribution in [-0.4, -0.2) is 30.5 Å². The largest absolute Gasteiger partial charge is 0.465 e. The van der Waals surface area contributed by atoms with Gasteiger partial charge in [-0.3, -0.25) is 20.4 Å². The number of esters is 1. The van der Waals surface area contributed by atoms with E-state index in [1.165, 1.54) is 18.4 Å². The maximum absolute atomic E-state index is 12.3. The van der Waals surface area contributed by atoms with Gasteiger partial charge < -0.3 is 14.8 Å². The Balaban J connectivity index is 1.76. The zero-order valence-electron chi connectivity index (χ0n) is 15.8. The van der Waals surface area contributed by atoms with Crippen molar-refractivity contribution in [1.29, 1.82) is 0 Å². The standard InChI is InChI=1S/C19H21N3O5S/c1-19(2)9-12-13(10-27-19)28-17(14(12)18(25)26-3)20-15(23)16(24)22-21-11-7-5-4-6-8-11/h4-8,21H,9-10H2,1-3H3,(H,20,23)(H,22,24). The molecule has 9 heteroatoms. The van der Waals surface area contributed by atoms with Gasteiger partial charge in [-0.2, -0.15) is 0 Å². The number of amides is 2. The molecule has 8 nitrogen and oxygen atoms in total. The summed E-state index contributed by atoms with van der Waals surface area (Å²) in [4.78, 5) is 37.5. The summed E-state index contributed by atoms with van der Waals surface area (Å²) in [6.45, 7) is 4.18. The zero-order valence-corrected chi connectivity index (χ0v) is 16.6. The maximum atomic E-state index is 12.3. The molecule has 1 aliphatic heterocycles. The number of anilines is 2. The lowest BCUT2D eigenvalue weighted by molar-refractivity contribution is -0.135. The average molecular weight is 403 g/mol. The Morgan fingerprint density at radius 2 is 1.86 bits per heavy atom. The minimum atomic E-state index is -0.896. The molecule has 0 atom stereocenters. The van der Waals surface area contributed by atoms with E-state index in [9.17, 15) is 14.4 Å². The Hall–Kier alpha value is -2.91. The van der Waals surface area contributed by atoms with E-state index in [-0.39, 0.29) is 10.6 Å². The predicted molar refractivity (Wildman–Crippen MR) is 105 cm³/mol. The van der Waals surface area contributed by atoms with Crippen molar-refractivity contribution in [2.45, 2.75) is 32.5 Å². The van der Waals surface area contributed by atoms with Gasteiger partial charge in [-0.15, -0.1) is 11.3 Å². The molecule has 0 aliphatic carbocycles. The Bertz CT molecular complexity index is 908. The van der Waals surface area contributed by atoms with Crippen LogP contribution in [0.2, 0.25) is 0 Å². The molecule has 1 aliphatic rings. The average Bonchev–Trinajstić information content (AvgIpc) is 3.02. The van der Waals surface area contributed by atoms with E-state index in [0.29, 0.717) is 18.7 Å². The molecule has 148 valence electrons. The van der Waals surface area contributed by atoms with Crippen LogP contribution < -0.4 is 16.2 Å². The lowest BCUT2D eigenvalue weighted by Crippen LogP contribution is -2.38. The van der Waals surface area contributed by atoms with Crippen LogP contribution in [-0.2, 0) is 32.1 Å². The third-order valence-corrected chi connectivity index (χ3v) is 5.33. The van der Waals surface area contributed by atoms with Gasteiger partial charge in [0.15, 0.2) is 0 Å². The Labute approximate surface area is 166 Å². The molecule has 28 heavy (non-hydrogen) atoms. The van der Waals surface area contributed by atoms with Crippen LogP contribution in [0, 0.1) is 0 Å². The number of carbonyl (C=O) groups is 3. The zero-order chi connectivity index (χ0) is 20.3. The molecular formula is C19H21N3O5S. The number of hydrazine groups is 1. The number of methoxy groups -OCH3 is 1. The second-order valence-electron chi connectivity index (χ2n) is 6.82. The molecule has 2 amide bonds. The number of nitrogens with one attached hydrogen (secondary N) is 3. The number of rotatable bonds is 4. The van der Waals surface area contributed by atoms with Gasteiger partial charge >= 0.3 is 17.8 Å². The molecule has 0 fully saturated rings. The first kappa shape index (κ1) is 19.8. The first-order valence-electron chi connectivity index (χ1n) is 8.60. The number of hydrogen-bond acceptors (Lipinski definition) is 7. The fourth-order valence-electron chi connectivity index (χ4n) is 2.83. The van der Waals surface area contributed by atoms with Crippen LogP contribution in [0.3, 0.4) is 0 Å². The summed E-state index contributed by atoms with van der Waals surface area (Å²) in [6, 6.07) is 8.89. The van der Waals surface area contributed by atoms with Crippen molar-refractivity contribution in [3.05, 3.63) is 46.3 Å². The highest BCUT2D eigenvalue weighted by Gasteiger charge is 2.34. The number of carbonyl (C=O) groups excluding carboxylic acids is 3. The molecule has 1 aromatic heterocycles.